The van der Waals surface area contributed by atoms with Crippen LogP contribution in [0.5, 0.6) is 0 Å². The molecule has 0 unspecified atom stereocenters. The van der Waals surface area contributed by atoms with E-state index in [4.69, 9.17) is 4.42 Å². The number of hydrogen-bond acceptors (Lipinski definition) is 4. The van der Waals surface area contributed by atoms with Crippen molar-refractivity contribution in [1.82, 2.24) is 9.88 Å². The van der Waals surface area contributed by atoms with Gasteiger partial charge in [-0.15, -0.1) is 0 Å². The summed E-state index contributed by atoms with van der Waals surface area (Å²) in [5.41, 5.74) is 1.83. The van der Waals surface area contributed by atoms with E-state index in [1.54, 1.807) is 24.9 Å². The van der Waals surface area contributed by atoms with Crippen LogP contribution in [-0.4, -0.2) is 35.4 Å². The van der Waals surface area contributed by atoms with Crippen LogP contribution >= 0.6 is 0 Å². The first-order chi connectivity index (χ1) is 11.2. The fourth-order valence-corrected chi connectivity index (χ4v) is 4.09. The van der Waals surface area contributed by atoms with Crippen LogP contribution < -0.4 is 4.90 Å². The smallest absolute Gasteiger partial charge is 0.234 e. The lowest BCUT2D eigenvalue weighted by atomic mass is 9.78. The van der Waals surface area contributed by atoms with Crippen molar-refractivity contribution in [2.45, 2.75) is 19.9 Å². The second kappa shape index (κ2) is 5.49. The van der Waals surface area contributed by atoms with Crippen LogP contribution in [0.25, 0.3) is 0 Å². The molecule has 2 aliphatic rings. The third kappa shape index (κ3) is 2.36. The van der Waals surface area contributed by atoms with Crippen LogP contribution in [0.4, 0.5) is 5.69 Å². The van der Waals surface area contributed by atoms with Crippen molar-refractivity contribution in [3.8, 4) is 0 Å². The zero-order chi connectivity index (χ0) is 15.9. The minimum absolute atomic E-state index is 0.250. The summed E-state index contributed by atoms with van der Waals surface area (Å²) < 4.78 is 5.16. The monoisotopic (exact) mass is 311 g/mol. The van der Waals surface area contributed by atoms with Crippen molar-refractivity contribution < 1.29 is 9.21 Å². The van der Waals surface area contributed by atoms with Gasteiger partial charge in [0.05, 0.1) is 29.8 Å². The van der Waals surface area contributed by atoms with Gasteiger partial charge >= 0.3 is 0 Å². The maximum atomic E-state index is 13.1. The Morgan fingerprint density at radius 3 is 3.09 bits per heavy atom. The topological polar surface area (TPSA) is 49.6 Å². The Kier molecular flexibility index (Phi) is 3.45. The van der Waals surface area contributed by atoms with E-state index < -0.39 is 0 Å². The van der Waals surface area contributed by atoms with Crippen molar-refractivity contribution in [2.75, 3.05) is 24.5 Å². The Bertz CT molecular complexity index is 686. The van der Waals surface area contributed by atoms with Gasteiger partial charge in [0.25, 0.3) is 0 Å². The number of nitrogens with zero attached hydrogens (tertiary/aromatic N) is 3. The predicted molar refractivity (Wildman–Crippen MR) is 86.8 cm³/mol. The number of amides is 1. The van der Waals surface area contributed by atoms with Gasteiger partial charge in [-0.05, 0) is 30.5 Å². The van der Waals surface area contributed by atoms with E-state index in [0.29, 0.717) is 5.92 Å². The van der Waals surface area contributed by atoms with E-state index in [9.17, 15) is 4.79 Å². The molecular formula is C18H21N3O2. The molecule has 2 fully saturated rings. The lowest BCUT2D eigenvalue weighted by molar-refractivity contribution is -0.126. The summed E-state index contributed by atoms with van der Waals surface area (Å²) in [6.07, 6.45) is 7.93. The average molecular weight is 311 g/mol. The number of hydrogen-bond donors (Lipinski definition) is 0. The summed E-state index contributed by atoms with van der Waals surface area (Å²) in [5.74, 6) is 0.622. The number of anilines is 1. The van der Waals surface area contributed by atoms with Crippen molar-refractivity contribution in [1.29, 1.82) is 0 Å². The van der Waals surface area contributed by atoms with Crippen molar-refractivity contribution in [2.24, 2.45) is 11.3 Å². The Labute approximate surface area is 135 Å². The fourth-order valence-electron chi connectivity index (χ4n) is 4.09. The molecule has 2 aliphatic heterocycles. The largest absolute Gasteiger partial charge is 0.472 e. The van der Waals surface area contributed by atoms with E-state index in [1.165, 1.54) is 5.56 Å². The summed E-state index contributed by atoms with van der Waals surface area (Å²) in [5, 5.41) is 0. The van der Waals surface area contributed by atoms with Gasteiger partial charge in [0.1, 0.15) is 0 Å². The Morgan fingerprint density at radius 2 is 2.35 bits per heavy atom. The molecule has 0 bridgehead atoms. The number of carbonyl (C=O) groups excluding carboxylic acids is 1. The molecule has 2 saturated heterocycles. The lowest BCUT2D eigenvalue weighted by Gasteiger charge is -2.26. The summed E-state index contributed by atoms with van der Waals surface area (Å²) in [6.45, 7) is 5.63. The van der Waals surface area contributed by atoms with Gasteiger partial charge in [-0.3, -0.25) is 14.7 Å². The molecule has 0 aromatic carbocycles. The molecule has 0 radical (unpaired) electrons. The van der Waals surface area contributed by atoms with Crippen LogP contribution in [0.3, 0.4) is 0 Å². The molecule has 2 atom stereocenters. The minimum atomic E-state index is -0.250. The molecular weight excluding hydrogens is 290 g/mol. The van der Waals surface area contributed by atoms with E-state index >= 15 is 0 Å². The van der Waals surface area contributed by atoms with Gasteiger partial charge in [0.15, 0.2) is 0 Å². The molecule has 0 N–H and O–H groups in total. The van der Waals surface area contributed by atoms with Crippen LogP contribution in [0.1, 0.15) is 18.9 Å². The molecule has 0 aliphatic carbocycles. The fraction of sp³-hybridized carbons (Fsp3) is 0.444. The van der Waals surface area contributed by atoms with E-state index in [0.717, 1.165) is 38.3 Å². The number of furan rings is 1. The minimum Gasteiger partial charge on any atom is -0.472 e. The lowest BCUT2D eigenvalue weighted by Crippen LogP contribution is -2.39. The number of likely N-dealkylation sites (tertiary alicyclic amines) is 1. The first kappa shape index (κ1) is 14.5. The molecule has 2 aromatic rings. The SMILES string of the molecule is C[C@@H]1CN(Cc2ccoc2)C[C@]12CCN(c1cccnc1)C2=O. The van der Waals surface area contributed by atoms with Gasteiger partial charge in [-0.1, -0.05) is 6.92 Å². The molecule has 120 valence electrons. The number of aromatic nitrogens is 1. The summed E-state index contributed by atoms with van der Waals surface area (Å²) in [4.78, 5) is 21.6. The van der Waals surface area contributed by atoms with Crippen molar-refractivity contribution in [3.63, 3.8) is 0 Å². The summed E-state index contributed by atoms with van der Waals surface area (Å²) in [7, 11) is 0. The number of carbonyl (C=O) groups is 1. The molecule has 4 heterocycles. The molecule has 2 aromatic heterocycles. The van der Waals surface area contributed by atoms with E-state index in [1.807, 2.05) is 23.1 Å². The van der Waals surface area contributed by atoms with Gasteiger partial charge in [0, 0.05) is 37.9 Å². The predicted octanol–water partition coefficient (Wildman–Crippen LogP) is 2.55. The maximum absolute atomic E-state index is 13.1. The second-order valence-corrected chi connectivity index (χ2v) is 6.78. The van der Waals surface area contributed by atoms with Crippen LogP contribution in [0.15, 0.2) is 47.5 Å². The zero-order valence-electron chi connectivity index (χ0n) is 13.3. The normalized spacial score (nSPS) is 28.1. The second-order valence-electron chi connectivity index (χ2n) is 6.78. The number of pyridine rings is 1. The molecule has 1 amide bonds. The highest BCUT2D eigenvalue weighted by Gasteiger charge is 2.55. The standard InChI is InChI=1S/C18H21N3O2/c1-14-10-20(11-15-4-8-23-12-15)13-18(14)5-7-21(17(18)22)16-3-2-6-19-9-16/h2-4,6,8-9,12,14H,5,7,10-11,13H2,1H3/t14-,18-/m1/s1. The van der Waals surface area contributed by atoms with Crippen LogP contribution in [-0.2, 0) is 11.3 Å². The van der Waals surface area contributed by atoms with Crippen molar-refractivity contribution in [3.05, 3.63) is 48.7 Å². The van der Waals surface area contributed by atoms with Gasteiger partial charge in [0.2, 0.25) is 5.91 Å². The van der Waals surface area contributed by atoms with Gasteiger partial charge < -0.3 is 9.32 Å². The number of rotatable bonds is 3. The summed E-state index contributed by atoms with van der Waals surface area (Å²) in [6, 6.07) is 5.84. The third-order valence-corrected chi connectivity index (χ3v) is 5.38. The van der Waals surface area contributed by atoms with E-state index in [2.05, 4.69) is 16.8 Å². The van der Waals surface area contributed by atoms with Crippen molar-refractivity contribution >= 4 is 11.6 Å². The molecule has 5 heteroatoms. The third-order valence-electron chi connectivity index (χ3n) is 5.38. The highest BCUT2D eigenvalue weighted by molar-refractivity contribution is 6.00. The molecule has 5 nitrogen and oxygen atoms in total. The Hall–Kier alpha value is -2.14. The zero-order valence-corrected chi connectivity index (χ0v) is 13.3. The maximum Gasteiger partial charge on any atom is 0.234 e. The van der Waals surface area contributed by atoms with Crippen LogP contribution in [0.2, 0.25) is 0 Å². The first-order valence-electron chi connectivity index (χ1n) is 8.14. The highest BCUT2D eigenvalue weighted by Crippen LogP contribution is 2.46. The Balaban J connectivity index is 1.53. The highest BCUT2D eigenvalue weighted by atomic mass is 16.3. The quantitative estimate of drug-likeness (QED) is 0.874. The molecule has 1 spiro atoms. The molecule has 4 rings (SSSR count). The Morgan fingerprint density at radius 1 is 1.43 bits per heavy atom. The van der Waals surface area contributed by atoms with Gasteiger partial charge in [-0.25, -0.2) is 0 Å². The molecule has 0 saturated carbocycles. The first-order valence-corrected chi connectivity index (χ1v) is 8.14. The van der Waals surface area contributed by atoms with Crippen LogP contribution in [0, 0.1) is 11.3 Å². The molecule has 23 heavy (non-hydrogen) atoms. The van der Waals surface area contributed by atoms with E-state index in [-0.39, 0.29) is 11.3 Å². The average Bonchev–Trinajstić information content (AvgIpc) is 3.25. The summed E-state index contributed by atoms with van der Waals surface area (Å²) >= 11 is 0. The van der Waals surface area contributed by atoms with Gasteiger partial charge in [-0.2, -0.15) is 0 Å².